The number of anilines is 1. The molecule has 1 aliphatic heterocycles. The third kappa shape index (κ3) is 4.86. The second-order valence-electron chi connectivity index (χ2n) is 13.8. The van der Waals surface area contributed by atoms with E-state index in [4.69, 9.17) is 4.74 Å². The second kappa shape index (κ2) is 12.5. The minimum absolute atomic E-state index is 0.0389. The highest BCUT2D eigenvalue weighted by atomic mass is 16.5. The predicted octanol–water partition coefficient (Wildman–Crippen LogP) is 7.46. The summed E-state index contributed by atoms with van der Waals surface area (Å²) in [6.45, 7) is 5.95. The molecule has 0 aromatic heterocycles. The SMILES string of the molecule is C=Cc1ccc(N2C(=O)[C@H]3[C@H](CC=C4[C@H]3C[C@H]3C(=O)C(c5ccccc5)=CC(=O)[C@@]3(c3ccccc3)[C@H]4c3ccc(O)c(OCC)c3)C2=O)cc1. The van der Waals surface area contributed by atoms with Gasteiger partial charge < -0.3 is 9.84 Å². The molecule has 0 bridgehead atoms. The highest BCUT2D eigenvalue weighted by Crippen LogP contribution is 2.64. The van der Waals surface area contributed by atoms with Gasteiger partial charge in [-0.25, -0.2) is 0 Å². The van der Waals surface area contributed by atoms with Crippen molar-refractivity contribution in [2.24, 2.45) is 23.7 Å². The van der Waals surface area contributed by atoms with Crippen molar-refractivity contribution >= 4 is 40.7 Å². The van der Waals surface area contributed by atoms with Crippen LogP contribution >= 0.6 is 0 Å². The lowest BCUT2D eigenvalue weighted by Gasteiger charge is -2.55. The zero-order chi connectivity index (χ0) is 35.4. The van der Waals surface area contributed by atoms with Gasteiger partial charge in [0.25, 0.3) is 0 Å². The molecule has 1 heterocycles. The van der Waals surface area contributed by atoms with Gasteiger partial charge in [0.2, 0.25) is 11.8 Å². The van der Waals surface area contributed by atoms with Gasteiger partial charge in [0, 0.05) is 17.4 Å². The number of imide groups is 1. The first-order valence-electron chi connectivity index (χ1n) is 17.5. The lowest BCUT2D eigenvalue weighted by molar-refractivity contribution is -0.135. The van der Waals surface area contributed by atoms with Gasteiger partial charge in [-0.1, -0.05) is 103 Å². The fourth-order valence-electron chi connectivity index (χ4n) is 9.24. The maximum Gasteiger partial charge on any atom is 0.238 e. The van der Waals surface area contributed by atoms with Crippen LogP contribution in [0.15, 0.2) is 127 Å². The maximum atomic E-state index is 15.2. The number of nitrogens with zero attached hydrogens (tertiary/aromatic N) is 1. The number of Topliss-reactive ketones (excluding diaryl/α,β-unsaturated/α-hetero) is 1. The summed E-state index contributed by atoms with van der Waals surface area (Å²) in [7, 11) is 0. The van der Waals surface area contributed by atoms with E-state index in [-0.39, 0.29) is 41.3 Å². The summed E-state index contributed by atoms with van der Waals surface area (Å²) in [6, 6.07) is 30.9. The number of fused-ring (bicyclic) bond motifs is 4. The van der Waals surface area contributed by atoms with E-state index in [2.05, 4.69) is 6.58 Å². The van der Waals surface area contributed by atoms with Gasteiger partial charge >= 0.3 is 0 Å². The molecule has 2 amide bonds. The fourth-order valence-corrected chi connectivity index (χ4v) is 9.24. The van der Waals surface area contributed by atoms with E-state index in [9.17, 15) is 14.7 Å². The average molecular weight is 676 g/mol. The monoisotopic (exact) mass is 675 g/mol. The number of carbonyl (C=O) groups excluding carboxylic acids is 4. The molecule has 7 heteroatoms. The fraction of sp³-hybridized carbons (Fsp3) is 0.227. The van der Waals surface area contributed by atoms with E-state index < -0.39 is 35.0 Å². The van der Waals surface area contributed by atoms with E-state index in [0.29, 0.717) is 41.0 Å². The molecule has 4 aliphatic rings. The van der Waals surface area contributed by atoms with Gasteiger partial charge in [0.05, 0.1) is 29.5 Å². The maximum absolute atomic E-state index is 15.2. The number of hydrogen-bond acceptors (Lipinski definition) is 6. The summed E-state index contributed by atoms with van der Waals surface area (Å²) < 4.78 is 5.84. The molecule has 1 saturated heterocycles. The van der Waals surface area contributed by atoms with E-state index in [0.717, 1.165) is 11.1 Å². The number of ether oxygens (including phenoxy) is 1. The third-order valence-electron chi connectivity index (χ3n) is 11.4. The van der Waals surface area contributed by atoms with E-state index >= 15 is 9.59 Å². The van der Waals surface area contributed by atoms with Crippen molar-refractivity contribution < 1.29 is 29.0 Å². The average Bonchev–Trinajstić information content (AvgIpc) is 3.42. The number of phenolic OH excluding ortho intramolecular Hbond substituents is 1. The minimum Gasteiger partial charge on any atom is -0.504 e. The summed E-state index contributed by atoms with van der Waals surface area (Å²) in [4.78, 5) is 60.2. The van der Waals surface area contributed by atoms with Crippen molar-refractivity contribution in [1.82, 2.24) is 0 Å². The Kier molecular flexibility index (Phi) is 7.94. The van der Waals surface area contributed by atoms with Gasteiger partial charge in [0.1, 0.15) is 0 Å². The van der Waals surface area contributed by atoms with Crippen molar-refractivity contribution in [2.75, 3.05) is 11.5 Å². The van der Waals surface area contributed by atoms with E-state index in [1.165, 1.54) is 11.0 Å². The molecule has 0 radical (unpaired) electrons. The number of aromatic hydroxyl groups is 1. The first-order valence-corrected chi connectivity index (χ1v) is 17.5. The molecule has 0 spiro atoms. The molecular formula is C44H37NO6. The Bertz CT molecular complexity index is 2150. The van der Waals surface area contributed by atoms with Gasteiger partial charge in [0.15, 0.2) is 23.1 Å². The van der Waals surface area contributed by atoms with Crippen LogP contribution in [0.1, 0.15) is 47.9 Å². The topological polar surface area (TPSA) is 101 Å². The molecule has 3 aliphatic carbocycles. The molecule has 4 aromatic carbocycles. The number of benzene rings is 4. The molecule has 4 aromatic rings. The number of ketones is 2. The Balaban J connectivity index is 1.35. The third-order valence-corrected chi connectivity index (χ3v) is 11.4. The standard InChI is InChI=1S/C44H37NO6/c1-3-26-15-18-30(19-16-26)45-42(49)32-21-20-31-34(39(32)43(45)50)24-35-41(48)33(27-11-7-5-8-12-27)25-38(47)44(35,29-13-9-6-10-14-29)40(31)28-17-22-36(46)37(23-28)51-4-2/h3,5-20,22-23,25,32,34-35,39-40,46H,1,4,21,24H2,2H3/t32-,34+,35-,39-,40-,44-/m0/s1. The molecule has 2 fully saturated rings. The van der Waals surface area contributed by atoms with Crippen molar-refractivity contribution in [2.45, 2.75) is 31.1 Å². The van der Waals surface area contributed by atoms with Gasteiger partial charge in [-0.05, 0) is 78.3 Å². The Labute approximate surface area is 296 Å². The highest BCUT2D eigenvalue weighted by molar-refractivity contribution is 6.32. The molecule has 7 nitrogen and oxygen atoms in total. The van der Waals surface area contributed by atoms with E-state index in [1.54, 1.807) is 36.4 Å². The number of amides is 2. The number of allylic oxidation sites excluding steroid dienone is 4. The van der Waals surface area contributed by atoms with Gasteiger partial charge in [-0.2, -0.15) is 0 Å². The molecule has 1 saturated carbocycles. The van der Waals surface area contributed by atoms with Crippen LogP contribution in [-0.2, 0) is 24.6 Å². The summed E-state index contributed by atoms with van der Waals surface area (Å²) >= 11 is 0. The molecule has 51 heavy (non-hydrogen) atoms. The van der Waals surface area contributed by atoms with Crippen molar-refractivity contribution in [3.8, 4) is 11.5 Å². The Hall–Kier alpha value is -5.82. The zero-order valence-electron chi connectivity index (χ0n) is 28.2. The van der Waals surface area contributed by atoms with Crippen LogP contribution in [0.2, 0.25) is 0 Å². The Morgan fingerprint density at radius 2 is 1.59 bits per heavy atom. The minimum atomic E-state index is -1.36. The van der Waals surface area contributed by atoms with Crippen molar-refractivity contribution in [3.05, 3.63) is 150 Å². The Morgan fingerprint density at radius 3 is 2.27 bits per heavy atom. The molecular weight excluding hydrogens is 638 g/mol. The van der Waals surface area contributed by atoms with Crippen LogP contribution in [0.3, 0.4) is 0 Å². The summed E-state index contributed by atoms with van der Waals surface area (Å²) in [6.07, 6.45) is 5.77. The normalized spacial score (nSPS) is 26.8. The number of carbonyl (C=O) groups is 4. The largest absolute Gasteiger partial charge is 0.504 e. The van der Waals surface area contributed by atoms with Crippen molar-refractivity contribution in [1.29, 1.82) is 0 Å². The summed E-state index contributed by atoms with van der Waals surface area (Å²) in [5, 5.41) is 10.8. The molecule has 6 atom stereocenters. The first kappa shape index (κ1) is 32.4. The lowest BCUT2D eigenvalue weighted by Crippen LogP contribution is -2.58. The van der Waals surface area contributed by atoms with Crippen LogP contribution in [0.5, 0.6) is 11.5 Å². The second-order valence-corrected chi connectivity index (χ2v) is 13.8. The number of rotatable bonds is 7. The summed E-state index contributed by atoms with van der Waals surface area (Å²) in [5.74, 6) is -4.08. The van der Waals surface area contributed by atoms with Crippen LogP contribution in [0, 0.1) is 23.7 Å². The van der Waals surface area contributed by atoms with Crippen LogP contribution in [-0.4, -0.2) is 35.1 Å². The molecule has 8 rings (SSSR count). The van der Waals surface area contributed by atoms with Crippen LogP contribution in [0.25, 0.3) is 11.6 Å². The lowest BCUT2D eigenvalue weighted by atomic mass is 9.44. The first-order chi connectivity index (χ1) is 24.8. The molecule has 1 N–H and O–H groups in total. The predicted molar refractivity (Wildman–Crippen MR) is 195 cm³/mol. The van der Waals surface area contributed by atoms with Crippen LogP contribution in [0.4, 0.5) is 5.69 Å². The summed E-state index contributed by atoms with van der Waals surface area (Å²) in [5.41, 5.74) is 3.24. The van der Waals surface area contributed by atoms with E-state index in [1.807, 2.05) is 85.8 Å². The molecule has 0 unspecified atom stereocenters. The number of phenols is 1. The quantitative estimate of drug-likeness (QED) is 0.161. The number of hydrogen-bond donors (Lipinski definition) is 1. The Morgan fingerprint density at radius 1 is 0.882 bits per heavy atom. The van der Waals surface area contributed by atoms with Crippen LogP contribution < -0.4 is 9.64 Å². The zero-order valence-corrected chi connectivity index (χ0v) is 28.2. The smallest absolute Gasteiger partial charge is 0.238 e. The van der Waals surface area contributed by atoms with Crippen molar-refractivity contribution in [3.63, 3.8) is 0 Å². The van der Waals surface area contributed by atoms with Gasteiger partial charge in [-0.15, -0.1) is 0 Å². The molecule has 254 valence electrons. The highest BCUT2D eigenvalue weighted by Gasteiger charge is 2.66. The van der Waals surface area contributed by atoms with Gasteiger partial charge in [-0.3, -0.25) is 24.1 Å².